The summed E-state index contributed by atoms with van der Waals surface area (Å²) in [5, 5.41) is 3.51. The van der Waals surface area contributed by atoms with E-state index in [1.165, 1.54) is 6.26 Å². The SMILES string of the molecule is CCCNC(CC1CCCN(S(C)(=O)=O)C1)c1ncc[nH]1. The van der Waals surface area contributed by atoms with Gasteiger partial charge in [0, 0.05) is 25.5 Å². The van der Waals surface area contributed by atoms with E-state index in [9.17, 15) is 8.42 Å². The van der Waals surface area contributed by atoms with Crippen LogP contribution in [0.2, 0.25) is 0 Å². The second-order valence-corrected chi connectivity index (χ2v) is 7.83. The van der Waals surface area contributed by atoms with E-state index in [-0.39, 0.29) is 6.04 Å². The van der Waals surface area contributed by atoms with Gasteiger partial charge in [-0.25, -0.2) is 17.7 Å². The van der Waals surface area contributed by atoms with Crippen molar-refractivity contribution >= 4 is 10.0 Å². The molecule has 2 unspecified atom stereocenters. The number of nitrogens with one attached hydrogen (secondary N) is 2. The summed E-state index contributed by atoms with van der Waals surface area (Å²) in [4.78, 5) is 7.52. The van der Waals surface area contributed by atoms with Gasteiger partial charge in [-0.05, 0) is 38.1 Å². The van der Waals surface area contributed by atoms with E-state index in [4.69, 9.17) is 0 Å². The Morgan fingerprint density at radius 1 is 1.57 bits per heavy atom. The van der Waals surface area contributed by atoms with E-state index in [1.54, 1.807) is 10.5 Å². The molecule has 2 heterocycles. The summed E-state index contributed by atoms with van der Waals surface area (Å²) in [6.07, 6.45) is 8.90. The number of piperidine rings is 1. The summed E-state index contributed by atoms with van der Waals surface area (Å²) in [5.41, 5.74) is 0. The fourth-order valence-electron chi connectivity index (χ4n) is 2.93. The molecular formula is C14H26N4O2S. The van der Waals surface area contributed by atoms with Crippen LogP contribution >= 0.6 is 0 Å². The number of H-pyrrole nitrogens is 1. The zero-order valence-corrected chi connectivity index (χ0v) is 13.7. The summed E-state index contributed by atoms with van der Waals surface area (Å²) in [6, 6.07) is 0.171. The van der Waals surface area contributed by atoms with E-state index in [0.29, 0.717) is 19.0 Å². The molecule has 0 aromatic carbocycles. The summed E-state index contributed by atoms with van der Waals surface area (Å²) < 4.78 is 25.0. The van der Waals surface area contributed by atoms with Crippen LogP contribution in [0.25, 0.3) is 0 Å². The molecule has 0 saturated carbocycles. The van der Waals surface area contributed by atoms with Crippen LogP contribution in [-0.2, 0) is 10.0 Å². The molecule has 1 aliphatic rings. The first-order valence-corrected chi connectivity index (χ1v) is 9.53. The van der Waals surface area contributed by atoms with Crippen molar-refractivity contribution in [1.82, 2.24) is 19.6 Å². The molecule has 1 aromatic rings. The highest BCUT2D eigenvalue weighted by atomic mass is 32.2. The molecule has 2 atom stereocenters. The summed E-state index contributed by atoms with van der Waals surface area (Å²) in [6.45, 7) is 4.36. The zero-order chi connectivity index (χ0) is 15.3. The van der Waals surface area contributed by atoms with E-state index < -0.39 is 10.0 Å². The van der Waals surface area contributed by atoms with Crippen LogP contribution in [0, 0.1) is 5.92 Å². The predicted molar refractivity (Wildman–Crippen MR) is 83.4 cm³/mol. The van der Waals surface area contributed by atoms with Gasteiger partial charge in [-0.15, -0.1) is 0 Å². The lowest BCUT2D eigenvalue weighted by Gasteiger charge is -2.32. The van der Waals surface area contributed by atoms with Gasteiger partial charge in [0.2, 0.25) is 10.0 Å². The number of rotatable bonds is 7. The number of aromatic nitrogens is 2. The third-order valence-electron chi connectivity index (χ3n) is 4.01. The zero-order valence-electron chi connectivity index (χ0n) is 12.9. The smallest absolute Gasteiger partial charge is 0.211 e. The normalized spacial score (nSPS) is 22.3. The van der Waals surface area contributed by atoms with E-state index in [1.807, 2.05) is 6.20 Å². The molecule has 0 spiro atoms. The Labute approximate surface area is 127 Å². The maximum Gasteiger partial charge on any atom is 0.211 e. The van der Waals surface area contributed by atoms with Gasteiger partial charge in [0.15, 0.2) is 0 Å². The van der Waals surface area contributed by atoms with Crippen LogP contribution in [-0.4, -0.2) is 48.6 Å². The third kappa shape index (κ3) is 4.79. The standard InChI is InChI=1S/C14H26N4O2S/c1-3-6-15-13(14-16-7-8-17-14)10-12-5-4-9-18(11-12)21(2,19)20/h7-8,12-13,15H,3-6,9-11H2,1-2H3,(H,16,17). The molecule has 2 rings (SSSR count). The first kappa shape index (κ1) is 16.5. The van der Waals surface area contributed by atoms with Crippen molar-refractivity contribution in [2.75, 3.05) is 25.9 Å². The molecule has 1 aromatic heterocycles. The molecule has 120 valence electrons. The quantitative estimate of drug-likeness (QED) is 0.800. The van der Waals surface area contributed by atoms with E-state index >= 15 is 0 Å². The van der Waals surface area contributed by atoms with Gasteiger partial charge < -0.3 is 10.3 Å². The highest BCUT2D eigenvalue weighted by Crippen LogP contribution is 2.27. The van der Waals surface area contributed by atoms with Crippen LogP contribution in [0.1, 0.15) is 44.5 Å². The Morgan fingerprint density at radius 3 is 3.00 bits per heavy atom. The summed E-state index contributed by atoms with van der Waals surface area (Å²) >= 11 is 0. The monoisotopic (exact) mass is 314 g/mol. The van der Waals surface area contributed by atoms with Crippen molar-refractivity contribution in [2.45, 2.75) is 38.6 Å². The van der Waals surface area contributed by atoms with Crippen molar-refractivity contribution < 1.29 is 8.42 Å². The minimum atomic E-state index is -3.08. The second kappa shape index (κ2) is 7.38. The Balaban J connectivity index is 1.99. The highest BCUT2D eigenvalue weighted by Gasteiger charge is 2.28. The van der Waals surface area contributed by atoms with Crippen molar-refractivity contribution in [3.63, 3.8) is 0 Å². The molecule has 0 bridgehead atoms. The molecule has 1 fully saturated rings. The van der Waals surface area contributed by atoms with Gasteiger partial charge in [-0.2, -0.15) is 0 Å². The van der Waals surface area contributed by atoms with Crippen molar-refractivity contribution in [3.8, 4) is 0 Å². The predicted octanol–water partition coefficient (Wildman–Crippen LogP) is 1.51. The number of hydrogen-bond acceptors (Lipinski definition) is 4. The number of imidazole rings is 1. The van der Waals surface area contributed by atoms with Crippen molar-refractivity contribution in [2.24, 2.45) is 5.92 Å². The average Bonchev–Trinajstić information content (AvgIpc) is 2.97. The van der Waals surface area contributed by atoms with Crippen molar-refractivity contribution in [1.29, 1.82) is 0 Å². The summed E-state index contributed by atoms with van der Waals surface area (Å²) in [5.74, 6) is 1.33. The van der Waals surface area contributed by atoms with Crippen LogP contribution in [0.3, 0.4) is 0 Å². The molecular weight excluding hydrogens is 288 g/mol. The molecule has 0 amide bonds. The fraction of sp³-hybridized carbons (Fsp3) is 0.786. The molecule has 2 N–H and O–H groups in total. The molecule has 0 radical (unpaired) electrons. The first-order chi connectivity index (χ1) is 10.0. The van der Waals surface area contributed by atoms with Crippen LogP contribution in [0.15, 0.2) is 12.4 Å². The van der Waals surface area contributed by atoms with Crippen LogP contribution < -0.4 is 5.32 Å². The Hall–Kier alpha value is -0.920. The van der Waals surface area contributed by atoms with Gasteiger partial charge >= 0.3 is 0 Å². The first-order valence-electron chi connectivity index (χ1n) is 7.68. The van der Waals surface area contributed by atoms with Crippen molar-refractivity contribution in [3.05, 3.63) is 18.2 Å². The Bertz CT molecular complexity index is 515. The van der Waals surface area contributed by atoms with E-state index in [2.05, 4.69) is 22.2 Å². The Morgan fingerprint density at radius 2 is 2.38 bits per heavy atom. The van der Waals surface area contributed by atoms with Gasteiger partial charge in [-0.1, -0.05) is 6.92 Å². The maximum absolute atomic E-state index is 11.7. The van der Waals surface area contributed by atoms with Gasteiger partial charge in [0.05, 0.1) is 12.3 Å². The average molecular weight is 314 g/mol. The second-order valence-electron chi connectivity index (χ2n) is 5.85. The summed E-state index contributed by atoms with van der Waals surface area (Å²) in [7, 11) is -3.08. The highest BCUT2D eigenvalue weighted by molar-refractivity contribution is 7.88. The number of hydrogen-bond donors (Lipinski definition) is 2. The largest absolute Gasteiger partial charge is 0.347 e. The molecule has 1 saturated heterocycles. The number of sulfonamides is 1. The molecule has 0 aliphatic carbocycles. The minimum Gasteiger partial charge on any atom is -0.347 e. The maximum atomic E-state index is 11.7. The topological polar surface area (TPSA) is 78.1 Å². The number of aromatic amines is 1. The lowest BCUT2D eigenvalue weighted by atomic mass is 9.92. The van der Waals surface area contributed by atoms with Gasteiger partial charge in [-0.3, -0.25) is 0 Å². The third-order valence-corrected chi connectivity index (χ3v) is 5.28. The fourth-order valence-corrected chi connectivity index (χ4v) is 3.87. The molecule has 1 aliphatic heterocycles. The van der Waals surface area contributed by atoms with Crippen LogP contribution in [0.5, 0.6) is 0 Å². The van der Waals surface area contributed by atoms with Gasteiger partial charge in [0.25, 0.3) is 0 Å². The van der Waals surface area contributed by atoms with E-state index in [0.717, 1.165) is 38.1 Å². The Kier molecular flexibility index (Phi) is 5.78. The lowest BCUT2D eigenvalue weighted by molar-refractivity contribution is 0.236. The molecule has 7 heteroatoms. The molecule has 21 heavy (non-hydrogen) atoms. The lowest BCUT2D eigenvalue weighted by Crippen LogP contribution is -2.40. The van der Waals surface area contributed by atoms with Gasteiger partial charge in [0.1, 0.15) is 5.82 Å². The van der Waals surface area contributed by atoms with Crippen LogP contribution in [0.4, 0.5) is 0 Å². The number of nitrogens with zero attached hydrogens (tertiary/aromatic N) is 2. The minimum absolute atomic E-state index is 0.171. The molecule has 6 nitrogen and oxygen atoms in total.